The molecule has 1 aliphatic heterocycles. The first-order chi connectivity index (χ1) is 11.6. The Kier molecular flexibility index (Phi) is 4.79. The van der Waals surface area contributed by atoms with Gasteiger partial charge in [0.25, 0.3) is 0 Å². The van der Waals surface area contributed by atoms with Crippen molar-refractivity contribution >= 4 is 17.6 Å². The van der Waals surface area contributed by atoms with Crippen molar-refractivity contribution in [3.05, 3.63) is 65.2 Å². The highest BCUT2D eigenvalue weighted by Crippen LogP contribution is 2.18. The summed E-state index contributed by atoms with van der Waals surface area (Å²) < 4.78 is 0. The summed E-state index contributed by atoms with van der Waals surface area (Å²) in [6.07, 6.45) is 0.334. The Morgan fingerprint density at radius 3 is 2.79 bits per heavy atom. The van der Waals surface area contributed by atoms with Gasteiger partial charge in [-0.05, 0) is 24.1 Å². The van der Waals surface area contributed by atoms with Crippen LogP contribution in [0.25, 0.3) is 0 Å². The smallest absolute Gasteiger partial charge is 0.317 e. The molecule has 1 fully saturated rings. The van der Waals surface area contributed by atoms with Gasteiger partial charge in [0.15, 0.2) is 0 Å². The highest BCUT2D eigenvalue weighted by atomic mass is 16.2. The van der Waals surface area contributed by atoms with Gasteiger partial charge >= 0.3 is 6.03 Å². The van der Waals surface area contributed by atoms with Crippen LogP contribution in [0.3, 0.4) is 0 Å². The first-order valence-electron chi connectivity index (χ1n) is 8.08. The van der Waals surface area contributed by atoms with E-state index in [1.54, 1.807) is 4.90 Å². The first kappa shape index (κ1) is 16.1. The van der Waals surface area contributed by atoms with E-state index < -0.39 is 0 Å². The van der Waals surface area contributed by atoms with E-state index in [1.165, 1.54) is 0 Å². The van der Waals surface area contributed by atoms with Crippen molar-refractivity contribution in [1.82, 2.24) is 10.2 Å². The predicted octanol–water partition coefficient (Wildman–Crippen LogP) is 2.70. The van der Waals surface area contributed by atoms with Crippen LogP contribution in [-0.2, 0) is 17.8 Å². The predicted molar refractivity (Wildman–Crippen MR) is 93.8 cm³/mol. The maximum absolute atomic E-state index is 12.3. The van der Waals surface area contributed by atoms with Gasteiger partial charge < -0.3 is 15.5 Å². The summed E-state index contributed by atoms with van der Waals surface area (Å²) in [5.41, 5.74) is 3.83. The molecule has 0 radical (unpaired) electrons. The number of urea groups is 1. The van der Waals surface area contributed by atoms with Gasteiger partial charge in [0, 0.05) is 25.3 Å². The minimum atomic E-state index is -0.0594. The van der Waals surface area contributed by atoms with Crippen LogP contribution in [0, 0.1) is 6.92 Å². The Balaban J connectivity index is 1.68. The Labute approximate surface area is 141 Å². The fourth-order valence-electron chi connectivity index (χ4n) is 2.85. The molecule has 0 bridgehead atoms. The maximum Gasteiger partial charge on any atom is 0.317 e. The average molecular weight is 323 g/mol. The second-order valence-corrected chi connectivity index (χ2v) is 6.02. The van der Waals surface area contributed by atoms with Gasteiger partial charge in [-0.15, -0.1) is 0 Å². The summed E-state index contributed by atoms with van der Waals surface area (Å²) in [4.78, 5) is 25.8. The molecule has 0 spiro atoms. The number of benzene rings is 2. The third-order valence-electron chi connectivity index (χ3n) is 4.04. The van der Waals surface area contributed by atoms with Gasteiger partial charge in [-0.2, -0.15) is 0 Å². The zero-order valence-corrected chi connectivity index (χ0v) is 13.7. The monoisotopic (exact) mass is 323 g/mol. The number of carbonyl (C=O) groups excluding carboxylic acids is 2. The molecule has 0 atom stereocenters. The molecule has 2 aromatic rings. The zero-order valence-electron chi connectivity index (χ0n) is 13.7. The normalized spacial score (nSPS) is 13.7. The Morgan fingerprint density at radius 2 is 2.04 bits per heavy atom. The second-order valence-electron chi connectivity index (χ2n) is 6.02. The molecule has 5 nitrogen and oxygen atoms in total. The van der Waals surface area contributed by atoms with Crippen molar-refractivity contribution in [2.45, 2.75) is 19.9 Å². The Morgan fingerprint density at radius 1 is 1.21 bits per heavy atom. The van der Waals surface area contributed by atoms with E-state index >= 15 is 0 Å². The number of carbonyl (C=O) groups is 2. The Hall–Kier alpha value is -2.82. The molecule has 0 unspecified atom stereocenters. The number of nitrogens with one attached hydrogen (secondary N) is 2. The molecule has 1 aliphatic rings. The van der Waals surface area contributed by atoms with Crippen molar-refractivity contribution < 1.29 is 9.59 Å². The highest BCUT2D eigenvalue weighted by molar-refractivity contribution is 5.93. The number of aryl methyl sites for hydroxylation is 1. The molecule has 3 rings (SSSR count). The van der Waals surface area contributed by atoms with E-state index in [0.29, 0.717) is 26.1 Å². The van der Waals surface area contributed by atoms with Crippen LogP contribution in [-0.4, -0.2) is 29.9 Å². The van der Waals surface area contributed by atoms with Gasteiger partial charge in [0.1, 0.15) is 0 Å². The van der Waals surface area contributed by atoms with Crippen molar-refractivity contribution in [3.63, 3.8) is 0 Å². The van der Waals surface area contributed by atoms with Crippen LogP contribution in [0.15, 0.2) is 48.5 Å². The van der Waals surface area contributed by atoms with Crippen LogP contribution in [0.4, 0.5) is 10.5 Å². The van der Waals surface area contributed by atoms with E-state index in [-0.39, 0.29) is 11.9 Å². The molecule has 1 heterocycles. The van der Waals surface area contributed by atoms with Gasteiger partial charge in [-0.3, -0.25) is 4.79 Å². The number of hydrogen-bond acceptors (Lipinski definition) is 2. The minimum absolute atomic E-state index is 0.0566. The molecule has 0 aliphatic carbocycles. The Bertz CT molecular complexity index is 758. The topological polar surface area (TPSA) is 61.4 Å². The molecular weight excluding hydrogens is 302 g/mol. The standard InChI is InChI=1S/C19H21N3O2/c1-14-5-4-6-15(11-14)12-18(23)21-17-8-3-2-7-16(17)13-22-10-9-20-19(22)24/h2-8,11H,9-10,12-13H2,1H3,(H,20,24)(H,21,23). The van der Waals surface area contributed by atoms with Crippen LogP contribution in [0.2, 0.25) is 0 Å². The SMILES string of the molecule is Cc1cccc(CC(=O)Nc2ccccc2CN2CCNC2=O)c1. The lowest BCUT2D eigenvalue weighted by molar-refractivity contribution is -0.115. The van der Waals surface area contributed by atoms with E-state index in [9.17, 15) is 9.59 Å². The molecule has 0 saturated carbocycles. The number of anilines is 1. The van der Waals surface area contributed by atoms with Crippen LogP contribution >= 0.6 is 0 Å². The lowest BCUT2D eigenvalue weighted by Crippen LogP contribution is -2.28. The van der Waals surface area contributed by atoms with Gasteiger partial charge in [0.05, 0.1) is 6.42 Å². The van der Waals surface area contributed by atoms with Gasteiger partial charge in [-0.1, -0.05) is 48.0 Å². The van der Waals surface area contributed by atoms with Crippen LogP contribution < -0.4 is 10.6 Å². The molecule has 0 aromatic heterocycles. The number of amides is 3. The molecule has 2 aromatic carbocycles. The van der Waals surface area contributed by atoms with Crippen molar-refractivity contribution in [2.24, 2.45) is 0 Å². The highest BCUT2D eigenvalue weighted by Gasteiger charge is 2.20. The van der Waals surface area contributed by atoms with E-state index in [1.807, 2.05) is 55.5 Å². The van der Waals surface area contributed by atoms with E-state index in [0.717, 1.165) is 22.4 Å². The number of hydrogen-bond donors (Lipinski definition) is 2. The van der Waals surface area contributed by atoms with Gasteiger partial charge in [0.2, 0.25) is 5.91 Å². The molecule has 1 saturated heterocycles. The van der Waals surface area contributed by atoms with Gasteiger partial charge in [-0.25, -0.2) is 4.79 Å². The molecular formula is C19H21N3O2. The quantitative estimate of drug-likeness (QED) is 0.889. The van der Waals surface area contributed by atoms with Crippen molar-refractivity contribution in [1.29, 1.82) is 0 Å². The lowest BCUT2D eigenvalue weighted by atomic mass is 10.1. The first-order valence-corrected chi connectivity index (χ1v) is 8.08. The third kappa shape index (κ3) is 3.93. The molecule has 124 valence electrons. The summed E-state index contributed by atoms with van der Waals surface area (Å²) in [5, 5.41) is 5.76. The molecule has 3 amide bonds. The second kappa shape index (κ2) is 7.17. The molecule has 2 N–H and O–H groups in total. The lowest BCUT2D eigenvalue weighted by Gasteiger charge is -2.17. The zero-order chi connectivity index (χ0) is 16.9. The van der Waals surface area contributed by atoms with E-state index in [4.69, 9.17) is 0 Å². The van der Waals surface area contributed by atoms with E-state index in [2.05, 4.69) is 10.6 Å². The van der Waals surface area contributed by atoms with Crippen molar-refractivity contribution in [3.8, 4) is 0 Å². The number of nitrogens with zero attached hydrogens (tertiary/aromatic N) is 1. The fourth-order valence-corrected chi connectivity index (χ4v) is 2.85. The molecule has 5 heteroatoms. The van der Waals surface area contributed by atoms with Crippen LogP contribution in [0.5, 0.6) is 0 Å². The van der Waals surface area contributed by atoms with Crippen molar-refractivity contribution in [2.75, 3.05) is 18.4 Å². The summed E-state index contributed by atoms with van der Waals surface area (Å²) in [6, 6.07) is 15.5. The maximum atomic E-state index is 12.3. The molecule has 24 heavy (non-hydrogen) atoms. The number of para-hydroxylation sites is 1. The summed E-state index contributed by atoms with van der Waals surface area (Å²) in [6.45, 7) is 3.86. The fraction of sp³-hybridized carbons (Fsp3) is 0.263. The van der Waals surface area contributed by atoms with Crippen LogP contribution in [0.1, 0.15) is 16.7 Å². The minimum Gasteiger partial charge on any atom is -0.336 e. The number of rotatable bonds is 5. The third-order valence-corrected chi connectivity index (χ3v) is 4.04. The largest absolute Gasteiger partial charge is 0.336 e. The average Bonchev–Trinajstić information content (AvgIpc) is 2.94. The summed E-state index contributed by atoms with van der Waals surface area (Å²) in [5.74, 6) is -0.0566. The summed E-state index contributed by atoms with van der Waals surface area (Å²) >= 11 is 0. The summed E-state index contributed by atoms with van der Waals surface area (Å²) in [7, 11) is 0.